The van der Waals surface area contributed by atoms with Gasteiger partial charge in [-0.1, -0.05) is 30.7 Å². The van der Waals surface area contributed by atoms with Gasteiger partial charge in [0, 0.05) is 32.7 Å². The third-order valence-corrected chi connectivity index (χ3v) is 6.73. The lowest BCUT2D eigenvalue weighted by atomic mass is 9.89. The summed E-state index contributed by atoms with van der Waals surface area (Å²) in [6, 6.07) is 11.3. The second-order valence-corrected chi connectivity index (χ2v) is 10.2. The molecule has 0 bridgehead atoms. The van der Waals surface area contributed by atoms with Gasteiger partial charge in [-0.3, -0.25) is 4.79 Å². The van der Waals surface area contributed by atoms with Crippen LogP contribution in [0, 0.1) is 0 Å². The normalized spacial score (nSPS) is 14.6. The van der Waals surface area contributed by atoms with Crippen molar-refractivity contribution in [3.8, 4) is 22.6 Å². The van der Waals surface area contributed by atoms with Crippen molar-refractivity contribution in [3.63, 3.8) is 0 Å². The maximum Gasteiger partial charge on any atom is 0.222 e. The maximum absolute atomic E-state index is 12.2. The second kappa shape index (κ2) is 11.7. The number of likely N-dealkylation sites (N-methyl/N-ethyl adjacent to an activating group) is 1. The molecule has 0 spiro atoms. The number of fused-ring (bicyclic) bond motifs is 3. The van der Waals surface area contributed by atoms with Gasteiger partial charge in [-0.15, -0.1) is 0 Å². The van der Waals surface area contributed by atoms with Crippen LogP contribution in [0.5, 0.6) is 11.5 Å². The molecule has 8 nitrogen and oxygen atoms in total. The fourth-order valence-corrected chi connectivity index (χ4v) is 4.87. The van der Waals surface area contributed by atoms with Gasteiger partial charge in [0.25, 0.3) is 0 Å². The predicted octanol–water partition coefficient (Wildman–Crippen LogP) is 3.64. The highest BCUT2D eigenvalue weighted by Gasteiger charge is 2.28. The molecule has 34 heavy (non-hydrogen) atoms. The summed E-state index contributed by atoms with van der Waals surface area (Å²) in [5.41, 5.74) is 3.38. The Morgan fingerprint density at radius 2 is 1.94 bits per heavy atom. The van der Waals surface area contributed by atoms with Crippen molar-refractivity contribution < 1.29 is 27.4 Å². The molecule has 9 heteroatoms. The van der Waals surface area contributed by atoms with Crippen LogP contribution >= 0.6 is 0 Å². The molecule has 1 unspecified atom stereocenters. The number of nitrogens with zero attached hydrogens (tertiary/aromatic N) is 1. The van der Waals surface area contributed by atoms with Crippen molar-refractivity contribution in [1.29, 1.82) is 0 Å². The van der Waals surface area contributed by atoms with Gasteiger partial charge < -0.3 is 19.1 Å². The number of amides is 1. The third kappa shape index (κ3) is 6.71. The van der Waals surface area contributed by atoms with E-state index in [-0.39, 0.29) is 17.8 Å². The molecule has 0 aliphatic carbocycles. The summed E-state index contributed by atoms with van der Waals surface area (Å²) in [5.74, 6) is 1.33. The van der Waals surface area contributed by atoms with Crippen molar-refractivity contribution >= 4 is 15.9 Å². The van der Waals surface area contributed by atoms with E-state index in [2.05, 4.69) is 0 Å². The average Bonchev–Trinajstić information content (AvgIpc) is 2.80. The van der Waals surface area contributed by atoms with Crippen molar-refractivity contribution in [1.82, 2.24) is 4.90 Å². The van der Waals surface area contributed by atoms with Gasteiger partial charge in [0.15, 0.2) is 0 Å². The summed E-state index contributed by atoms with van der Waals surface area (Å²) in [7, 11) is 1.38. The zero-order valence-corrected chi connectivity index (χ0v) is 20.9. The minimum Gasteiger partial charge on any atom is -0.496 e. The minimum absolute atomic E-state index is 0.116. The first kappa shape index (κ1) is 26.0. The first-order valence-corrected chi connectivity index (χ1v) is 13.1. The number of benzene rings is 2. The van der Waals surface area contributed by atoms with Crippen LogP contribution in [-0.4, -0.2) is 53.6 Å². The van der Waals surface area contributed by atoms with Gasteiger partial charge in [-0.25, -0.2) is 13.6 Å². The van der Waals surface area contributed by atoms with Crippen molar-refractivity contribution in [2.75, 3.05) is 34.4 Å². The molecule has 0 saturated heterocycles. The quantitative estimate of drug-likeness (QED) is 0.455. The molecular formula is C25H34N2O6S. The molecule has 2 aromatic rings. The van der Waals surface area contributed by atoms with Gasteiger partial charge in [0.1, 0.15) is 17.6 Å². The second-order valence-electron chi connectivity index (χ2n) is 8.58. The highest BCUT2D eigenvalue weighted by molar-refractivity contribution is 7.88. The molecule has 1 amide bonds. The van der Waals surface area contributed by atoms with Gasteiger partial charge >= 0.3 is 0 Å². The summed E-state index contributed by atoms with van der Waals surface area (Å²) in [5, 5.41) is 5.27. The molecule has 1 aliphatic heterocycles. The number of unbranched alkanes of at least 4 members (excludes halogenated alkanes) is 2. The zero-order valence-electron chi connectivity index (χ0n) is 20.1. The molecule has 1 heterocycles. The minimum atomic E-state index is -3.65. The molecule has 0 aromatic heterocycles. The Balaban J connectivity index is 1.71. The van der Waals surface area contributed by atoms with Gasteiger partial charge in [-0.2, -0.15) is 0 Å². The lowest BCUT2D eigenvalue weighted by Crippen LogP contribution is -2.29. The highest BCUT2D eigenvalue weighted by atomic mass is 32.2. The Morgan fingerprint density at radius 1 is 1.15 bits per heavy atom. The van der Waals surface area contributed by atoms with Crippen LogP contribution < -0.4 is 14.6 Å². The number of ether oxygens (including phenoxy) is 3. The van der Waals surface area contributed by atoms with Crippen LogP contribution in [0.15, 0.2) is 36.4 Å². The molecule has 0 fully saturated rings. The molecule has 1 atom stereocenters. The zero-order chi connectivity index (χ0) is 24.7. The summed E-state index contributed by atoms with van der Waals surface area (Å²) in [6.07, 6.45) is 3.58. The Labute approximate surface area is 202 Å². The number of nitrogens with two attached hydrogens (primary N) is 1. The van der Waals surface area contributed by atoms with E-state index in [4.69, 9.17) is 19.3 Å². The number of hydrogen-bond donors (Lipinski definition) is 1. The van der Waals surface area contributed by atoms with Crippen LogP contribution in [0.2, 0.25) is 0 Å². The van der Waals surface area contributed by atoms with Crippen molar-refractivity contribution in [2.24, 2.45) is 5.14 Å². The lowest BCUT2D eigenvalue weighted by Gasteiger charge is -2.30. The Kier molecular flexibility index (Phi) is 8.93. The fraction of sp³-hybridized carbons (Fsp3) is 0.480. The topological polar surface area (TPSA) is 108 Å². The van der Waals surface area contributed by atoms with Crippen LogP contribution in [0.25, 0.3) is 11.1 Å². The van der Waals surface area contributed by atoms with E-state index in [0.29, 0.717) is 30.9 Å². The highest BCUT2D eigenvalue weighted by Crippen LogP contribution is 2.48. The average molecular weight is 491 g/mol. The van der Waals surface area contributed by atoms with E-state index in [1.807, 2.05) is 30.3 Å². The monoisotopic (exact) mass is 490 g/mol. The summed E-state index contributed by atoms with van der Waals surface area (Å²) < 4.78 is 40.2. The largest absolute Gasteiger partial charge is 0.496 e. The van der Waals surface area contributed by atoms with Crippen LogP contribution in [0.4, 0.5) is 0 Å². The van der Waals surface area contributed by atoms with E-state index < -0.39 is 10.0 Å². The molecule has 0 radical (unpaired) electrons. The number of rotatable bonds is 12. The van der Waals surface area contributed by atoms with Gasteiger partial charge in [-0.05, 0) is 42.5 Å². The number of sulfonamides is 1. The van der Waals surface area contributed by atoms with Crippen LogP contribution in [-0.2, 0) is 25.3 Å². The summed E-state index contributed by atoms with van der Waals surface area (Å²) in [6.45, 7) is 1.12. The molecule has 186 valence electrons. The molecule has 3 rings (SSSR count). The molecule has 2 N–H and O–H groups in total. The molecule has 2 aromatic carbocycles. The summed E-state index contributed by atoms with van der Waals surface area (Å²) >= 11 is 0. The van der Waals surface area contributed by atoms with Crippen molar-refractivity contribution in [2.45, 2.75) is 44.0 Å². The number of hydrogen-bond acceptors (Lipinski definition) is 6. The van der Waals surface area contributed by atoms with Crippen LogP contribution in [0.3, 0.4) is 0 Å². The molecule has 0 saturated carbocycles. The standard InChI is InChI=1S/C25H34N2O6S/c1-27(14-15-31-2)24(28)11-6-4-5-8-21-20-16-18(17-34(26,29)30)12-13-19(20)25-22(32-3)9-7-10-23(25)33-21/h7,9-10,12-13,16,21H,4-6,8,11,14-15,17H2,1-3H3,(H2,26,29,30). The Morgan fingerprint density at radius 3 is 2.65 bits per heavy atom. The molecular weight excluding hydrogens is 456 g/mol. The number of methoxy groups -OCH3 is 2. The molecule has 1 aliphatic rings. The van der Waals surface area contributed by atoms with Crippen LogP contribution in [0.1, 0.15) is 49.3 Å². The van der Waals surface area contributed by atoms with E-state index in [0.717, 1.165) is 48.1 Å². The van der Waals surface area contributed by atoms with Gasteiger partial charge in [0.05, 0.1) is 25.0 Å². The number of primary sulfonamides is 1. The fourth-order valence-electron chi connectivity index (χ4n) is 4.23. The Hall–Kier alpha value is -2.62. The summed E-state index contributed by atoms with van der Waals surface area (Å²) in [4.78, 5) is 13.9. The third-order valence-electron chi connectivity index (χ3n) is 5.99. The first-order valence-electron chi connectivity index (χ1n) is 11.4. The van der Waals surface area contributed by atoms with E-state index in [1.165, 1.54) is 0 Å². The predicted molar refractivity (Wildman–Crippen MR) is 131 cm³/mol. The Bertz CT molecular complexity index is 1100. The van der Waals surface area contributed by atoms with E-state index in [9.17, 15) is 13.2 Å². The van der Waals surface area contributed by atoms with Gasteiger partial charge in [0.2, 0.25) is 15.9 Å². The SMILES string of the molecule is COCCN(C)C(=O)CCCCCC1Oc2cccc(OC)c2-c2ccc(CS(N)(=O)=O)cc21. The van der Waals surface area contributed by atoms with E-state index in [1.54, 1.807) is 32.2 Å². The van der Waals surface area contributed by atoms with Crippen molar-refractivity contribution in [3.05, 3.63) is 47.5 Å². The smallest absolute Gasteiger partial charge is 0.222 e. The number of carbonyl (C=O) groups is 1. The first-order chi connectivity index (χ1) is 16.2. The number of carbonyl (C=O) groups excluding carboxylic acids is 1. The maximum atomic E-state index is 12.2. The van der Waals surface area contributed by atoms with E-state index >= 15 is 0 Å². The lowest BCUT2D eigenvalue weighted by molar-refractivity contribution is -0.130.